The summed E-state index contributed by atoms with van der Waals surface area (Å²) < 4.78 is 27.9. The van der Waals surface area contributed by atoms with E-state index in [1.807, 2.05) is 19.2 Å². The van der Waals surface area contributed by atoms with Gasteiger partial charge in [-0.1, -0.05) is 11.6 Å². The number of aliphatic hydroxyl groups excluding tert-OH is 1. The maximum atomic E-state index is 13.7. The SMILES string of the molecule is Cc1cn2nc([C@@H]3CCCCN3C(=O)c3cc(Cl)ccc3NS(C)(=O)=O)cc2nc1NCCNCCO. The van der Waals surface area contributed by atoms with E-state index >= 15 is 0 Å². The summed E-state index contributed by atoms with van der Waals surface area (Å²) in [7, 11) is -3.59. The van der Waals surface area contributed by atoms with Gasteiger partial charge in [0.1, 0.15) is 5.82 Å². The van der Waals surface area contributed by atoms with Crippen molar-refractivity contribution >= 4 is 44.7 Å². The molecule has 0 spiro atoms. The smallest absolute Gasteiger partial charge is 0.256 e. The Morgan fingerprint density at radius 1 is 1.22 bits per heavy atom. The standard InChI is InChI=1S/C24H32ClN7O4S/c1-16-15-32-22(28-23(16)27-9-8-26-10-12-33)14-20(29-32)21-5-3-4-11-31(21)24(34)18-13-17(25)6-7-19(18)30-37(2,35)36/h6-7,13-15,21,26,30,33H,3-5,8-12H2,1-2H3,(H,27,28)/t21-/m0/s1. The number of piperidine rings is 1. The second kappa shape index (κ2) is 11.6. The van der Waals surface area contributed by atoms with Crippen LogP contribution in [-0.2, 0) is 10.0 Å². The third-order valence-corrected chi connectivity index (χ3v) is 6.97. The highest BCUT2D eigenvalue weighted by molar-refractivity contribution is 7.92. The van der Waals surface area contributed by atoms with Crippen molar-refractivity contribution in [3.8, 4) is 0 Å². The van der Waals surface area contributed by atoms with Crippen LogP contribution in [0.3, 0.4) is 0 Å². The lowest BCUT2D eigenvalue weighted by Gasteiger charge is -2.35. The highest BCUT2D eigenvalue weighted by Crippen LogP contribution is 2.34. The molecule has 4 rings (SSSR count). The molecule has 2 aromatic heterocycles. The molecule has 3 aromatic rings. The molecular weight excluding hydrogens is 518 g/mol. The number of anilines is 2. The van der Waals surface area contributed by atoms with Crippen LogP contribution in [0.1, 0.15) is 46.9 Å². The fourth-order valence-corrected chi connectivity index (χ4v) is 5.21. The van der Waals surface area contributed by atoms with Crippen molar-refractivity contribution in [1.82, 2.24) is 24.8 Å². The van der Waals surface area contributed by atoms with E-state index in [2.05, 4.69) is 15.4 Å². The van der Waals surface area contributed by atoms with Gasteiger partial charge in [0, 0.05) is 49.0 Å². The summed E-state index contributed by atoms with van der Waals surface area (Å²) in [6, 6.07) is 6.14. The van der Waals surface area contributed by atoms with Gasteiger partial charge >= 0.3 is 0 Å². The minimum atomic E-state index is -3.59. The number of aryl methyl sites for hydroxylation is 1. The maximum absolute atomic E-state index is 13.7. The van der Waals surface area contributed by atoms with E-state index in [-0.39, 0.29) is 29.8 Å². The first-order valence-electron chi connectivity index (χ1n) is 12.2. The van der Waals surface area contributed by atoms with E-state index in [4.69, 9.17) is 26.8 Å². The average molecular weight is 550 g/mol. The molecule has 1 aromatic carbocycles. The molecule has 3 heterocycles. The number of fused-ring (bicyclic) bond motifs is 1. The van der Waals surface area contributed by atoms with Gasteiger partial charge in [0.05, 0.1) is 35.8 Å². The number of hydrogen-bond acceptors (Lipinski definition) is 8. The maximum Gasteiger partial charge on any atom is 0.256 e. The van der Waals surface area contributed by atoms with E-state index < -0.39 is 10.0 Å². The summed E-state index contributed by atoms with van der Waals surface area (Å²) in [4.78, 5) is 20.2. The number of amides is 1. The lowest BCUT2D eigenvalue weighted by Crippen LogP contribution is -2.39. The monoisotopic (exact) mass is 549 g/mol. The van der Waals surface area contributed by atoms with Crippen molar-refractivity contribution in [3.05, 3.63) is 52.3 Å². The molecule has 1 aliphatic rings. The fourth-order valence-electron chi connectivity index (χ4n) is 4.46. The second-order valence-corrected chi connectivity index (χ2v) is 11.3. The van der Waals surface area contributed by atoms with Gasteiger partial charge < -0.3 is 20.6 Å². The van der Waals surface area contributed by atoms with Gasteiger partial charge in [-0.25, -0.2) is 17.9 Å². The summed E-state index contributed by atoms with van der Waals surface area (Å²) in [6.07, 6.45) is 5.44. The first-order chi connectivity index (χ1) is 17.7. The summed E-state index contributed by atoms with van der Waals surface area (Å²) in [6.45, 7) is 4.44. The van der Waals surface area contributed by atoms with Crippen molar-refractivity contribution in [2.75, 3.05) is 49.1 Å². The molecule has 11 nitrogen and oxygen atoms in total. The van der Waals surface area contributed by atoms with Crippen LogP contribution in [0.15, 0.2) is 30.5 Å². The number of carbonyl (C=O) groups is 1. The average Bonchev–Trinajstić information content (AvgIpc) is 3.26. The molecule has 0 bridgehead atoms. The second-order valence-electron chi connectivity index (χ2n) is 9.12. The quantitative estimate of drug-likeness (QED) is 0.283. The Morgan fingerprint density at radius 3 is 2.78 bits per heavy atom. The Balaban J connectivity index is 1.60. The number of carbonyl (C=O) groups excluding carboxylic acids is 1. The van der Waals surface area contributed by atoms with Gasteiger partial charge in [-0.2, -0.15) is 5.10 Å². The molecule has 1 fully saturated rings. The zero-order valence-electron chi connectivity index (χ0n) is 20.9. The lowest BCUT2D eigenvalue weighted by atomic mass is 9.98. The van der Waals surface area contributed by atoms with Crippen molar-refractivity contribution in [2.45, 2.75) is 32.2 Å². The largest absolute Gasteiger partial charge is 0.395 e. The molecule has 1 amide bonds. The van der Waals surface area contributed by atoms with Crippen molar-refractivity contribution in [2.24, 2.45) is 0 Å². The van der Waals surface area contributed by atoms with Crippen molar-refractivity contribution < 1.29 is 18.3 Å². The number of rotatable bonds is 10. The third kappa shape index (κ3) is 6.69. The molecule has 1 atom stereocenters. The number of benzene rings is 1. The highest BCUT2D eigenvalue weighted by atomic mass is 35.5. The Hall–Kier alpha value is -2.93. The summed E-state index contributed by atoms with van der Waals surface area (Å²) in [5.41, 5.74) is 2.70. The number of nitrogens with one attached hydrogen (secondary N) is 3. The molecule has 200 valence electrons. The predicted molar refractivity (Wildman–Crippen MR) is 144 cm³/mol. The molecule has 0 saturated carbocycles. The van der Waals surface area contributed by atoms with Gasteiger partial charge in [-0.3, -0.25) is 9.52 Å². The molecule has 0 radical (unpaired) electrons. The number of halogens is 1. The van der Waals surface area contributed by atoms with Crippen LogP contribution >= 0.6 is 11.6 Å². The Bertz CT molecular complexity index is 1380. The minimum absolute atomic E-state index is 0.0926. The molecule has 4 N–H and O–H groups in total. The van der Waals surface area contributed by atoms with Gasteiger partial charge in [-0.15, -0.1) is 0 Å². The summed E-state index contributed by atoms with van der Waals surface area (Å²) in [5.74, 6) is 0.439. The lowest BCUT2D eigenvalue weighted by molar-refractivity contribution is 0.0607. The van der Waals surface area contributed by atoms with Crippen molar-refractivity contribution in [1.29, 1.82) is 0 Å². The van der Waals surface area contributed by atoms with Crippen LogP contribution in [0.2, 0.25) is 5.02 Å². The number of likely N-dealkylation sites (tertiary alicyclic amines) is 1. The summed E-state index contributed by atoms with van der Waals surface area (Å²) in [5, 5.41) is 20.4. The number of hydrogen-bond donors (Lipinski definition) is 4. The Labute approximate surface area is 221 Å². The first kappa shape index (κ1) is 27.1. The fraction of sp³-hybridized carbons (Fsp3) is 0.458. The van der Waals surface area contributed by atoms with E-state index in [1.54, 1.807) is 15.5 Å². The number of aromatic nitrogens is 3. The van der Waals surface area contributed by atoms with Crippen LogP contribution in [0, 0.1) is 6.92 Å². The van der Waals surface area contributed by atoms with E-state index in [0.717, 1.165) is 42.6 Å². The molecule has 13 heteroatoms. The zero-order chi connectivity index (χ0) is 26.6. The number of aliphatic hydroxyl groups is 1. The zero-order valence-corrected chi connectivity index (χ0v) is 22.4. The van der Waals surface area contributed by atoms with Crippen LogP contribution in [0.25, 0.3) is 5.65 Å². The predicted octanol–water partition coefficient (Wildman–Crippen LogP) is 2.42. The van der Waals surface area contributed by atoms with Gasteiger partial charge in [0.25, 0.3) is 5.91 Å². The van der Waals surface area contributed by atoms with E-state index in [0.29, 0.717) is 36.8 Å². The Kier molecular flexibility index (Phi) is 8.53. The molecule has 1 aliphatic heterocycles. The summed E-state index contributed by atoms with van der Waals surface area (Å²) >= 11 is 6.18. The van der Waals surface area contributed by atoms with Crippen molar-refractivity contribution in [3.63, 3.8) is 0 Å². The molecule has 37 heavy (non-hydrogen) atoms. The third-order valence-electron chi connectivity index (χ3n) is 6.15. The molecule has 0 aliphatic carbocycles. The number of sulfonamides is 1. The Morgan fingerprint density at radius 2 is 2.03 bits per heavy atom. The number of nitrogens with zero attached hydrogens (tertiary/aromatic N) is 4. The topological polar surface area (TPSA) is 141 Å². The molecular formula is C24H32ClN7O4S. The first-order valence-corrected chi connectivity index (χ1v) is 14.4. The molecule has 1 saturated heterocycles. The van der Waals surface area contributed by atoms with Crippen LogP contribution in [0.4, 0.5) is 11.5 Å². The van der Waals surface area contributed by atoms with Crippen LogP contribution < -0.4 is 15.4 Å². The van der Waals surface area contributed by atoms with Gasteiger partial charge in [-0.05, 0) is 44.4 Å². The normalized spacial score (nSPS) is 16.2. The van der Waals surface area contributed by atoms with E-state index in [9.17, 15) is 13.2 Å². The van der Waals surface area contributed by atoms with Gasteiger partial charge in [0.2, 0.25) is 10.0 Å². The van der Waals surface area contributed by atoms with Crippen LogP contribution in [0.5, 0.6) is 0 Å². The van der Waals surface area contributed by atoms with Gasteiger partial charge in [0.15, 0.2) is 5.65 Å². The minimum Gasteiger partial charge on any atom is -0.395 e. The molecule has 0 unspecified atom stereocenters. The highest BCUT2D eigenvalue weighted by Gasteiger charge is 2.32. The van der Waals surface area contributed by atoms with Crippen LogP contribution in [-0.4, -0.2) is 78.0 Å². The van der Waals surface area contributed by atoms with E-state index in [1.165, 1.54) is 12.1 Å².